The van der Waals surface area contributed by atoms with Crippen LogP contribution >= 0.6 is 15.9 Å². The third kappa shape index (κ3) is 10.3. The summed E-state index contributed by atoms with van der Waals surface area (Å²) in [5.41, 5.74) is 0. The molecule has 1 aromatic carbocycles. The van der Waals surface area contributed by atoms with Gasteiger partial charge >= 0.3 is 0 Å². The van der Waals surface area contributed by atoms with Gasteiger partial charge in [0.25, 0.3) is 0 Å². The van der Waals surface area contributed by atoms with Gasteiger partial charge in [0.15, 0.2) is 27.0 Å². The summed E-state index contributed by atoms with van der Waals surface area (Å²) in [5, 5.41) is 0.0811. The molecule has 1 aliphatic carbocycles. The van der Waals surface area contributed by atoms with E-state index in [4.69, 9.17) is 34.5 Å². The van der Waals surface area contributed by atoms with Crippen molar-refractivity contribution in [1.29, 1.82) is 0 Å². The van der Waals surface area contributed by atoms with E-state index < -0.39 is 14.4 Å². The lowest BCUT2D eigenvalue weighted by Gasteiger charge is -2.40. The minimum Gasteiger partial charge on any atom is -0.490 e. The molecule has 6 nitrogen and oxygen atoms in total. The smallest absolute Gasteiger partial charge is 0.192 e. The molecule has 238 valence electrons. The van der Waals surface area contributed by atoms with E-state index in [1.54, 1.807) is 0 Å². The van der Waals surface area contributed by atoms with Crippen LogP contribution in [0.5, 0.6) is 5.75 Å². The molecule has 0 radical (unpaired) electrons. The van der Waals surface area contributed by atoms with E-state index in [-0.39, 0.29) is 46.5 Å². The third-order valence-corrected chi connectivity index (χ3v) is 14.3. The Bertz CT molecular complexity index is 1080. The molecule has 2 saturated heterocycles. The standard InChI is InChI=1S/C35H51BrO6Si/c1-7-26(36)23-30-29(20-19-28(40-33-17-11-13-21-37-33)25-39-27-15-9-8-10-16-27)31(41-34-18-12-14-22-38-34)24-32(30)42-43(5,6)35(2,3)4/h1,8-10,15-16,26,28-34H,11-14,17-18,21-25H2,2-6H3/t26-,28?,29?,30?,31?,32?,33?,34?/m1/s1. The summed E-state index contributed by atoms with van der Waals surface area (Å²) >= 11 is 3.72. The average molecular weight is 676 g/mol. The quantitative estimate of drug-likeness (QED) is 0.136. The number of para-hydroxylation sites is 1. The van der Waals surface area contributed by atoms with Gasteiger partial charge in [0.2, 0.25) is 0 Å². The predicted molar refractivity (Wildman–Crippen MR) is 176 cm³/mol. The maximum Gasteiger partial charge on any atom is 0.192 e. The molecule has 0 bridgehead atoms. The number of hydrogen-bond acceptors (Lipinski definition) is 6. The number of terminal acetylenes is 1. The molecule has 7 unspecified atom stereocenters. The molecule has 43 heavy (non-hydrogen) atoms. The van der Waals surface area contributed by atoms with Crippen molar-refractivity contribution in [1.82, 2.24) is 0 Å². The summed E-state index contributed by atoms with van der Waals surface area (Å²) in [4.78, 5) is -0.0823. The van der Waals surface area contributed by atoms with Gasteiger partial charge < -0.3 is 28.1 Å². The number of benzene rings is 1. The molecule has 8 heteroatoms. The number of alkyl halides is 1. The lowest BCUT2D eigenvalue weighted by Crippen LogP contribution is -2.45. The minimum absolute atomic E-state index is 0.0104. The van der Waals surface area contributed by atoms with Crippen LogP contribution in [0.1, 0.15) is 72.1 Å². The molecule has 1 saturated carbocycles. The summed E-state index contributed by atoms with van der Waals surface area (Å²) in [6.45, 7) is 13.2. The monoisotopic (exact) mass is 674 g/mol. The van der Waals surface area contributed by atoms with Gasteiger partial charge in [-0.05, 0) is 75.2 Å². The molecule has 0 spiro atoms. The first-order valence-electron chi connectivity index (χ1n) is 16.1. The number of rotatable bonds is 11. The van der Waals surface area contributed by atoms with Gasteiger partial charge in [-0.25, -0.2) is 0 Å². The van der Waals surface area contributed by atoms with Crippen molar-refractivity contribution in [2.75, 3.05) is 19.8 Å². The maximum atomic E-state index is 7.09. The molecule has 1 aromatic rings. The average Bonchev–Trinajstić information content (AvgIpc) is 3.29. The Morgan fingerprint density at radius 3 is 2.28 bits per heavy atom. The molecular formula is C35H51BrO6Si. The van der Waals surface area contributed by atoms with Crippen molar-refractivity contribution in [3.63, 3.8) is 0 Å². The Hall–Kier alpha value is -1.36. The van der Waals surface area contributed by atoms with Crippen LogP contribution < -0.4 is 4.74 Å². The van der Waals surface area contributed by atoms with Gasteiger partial charge in [0.05, 0.1) is 23.0 Å². The number of hydrogen-bond donors (Lipinski definition) is 0. The third-order valence-electron chi connectivity index (χ3n) is 9.19. The molecule has 0 N–H and O–H groups in total. The van der Waals surface area contributed by atoms with Gasteiger partial charge in [-0.2, -0.15) is 0 Å². The zero-order valence-electron chi connectivity index (χ0n) is 26.7. The molecule has 8 atom stereocenters. The first-order valence-corrected chi connectivity index (χ1v) is 19.9. The van der Waals surface area contributed by atoms with Crippen LogP contribution in [0, 0.1) is 36.0 Å². The lowest BCUT2D eigenvalue weighted by molar-refractivity contribution is -0.192. The first-order chi connectivity index (χ1) is 20.6. The fourth-order valence-corrected chi connectivity index (χ4v) is 7.51. The van der Waals surface area contributed by atoms with Gasteiger partial charge in [-0.1, -0.05) is 72.7 Å². The van der Waals surface area contributed by atoms with E-state index >= 15 is 0 Å². The van der Waals surface area contributed by atoms with E-state index in [0.29, 0.717) is 13.2 Å². The lowest BCUT2D eigenvalue weighted by atomic mass is 9.89. The molecule has 2 aliphatic heterocycles. The highest BCUT2D eigenvalue weighted by Gasteiger charge is 2.49. The van der Waals surface area contributed by atoms with Gasteiger partial charge in [-0.15, -0.1) is 6.42 Å². The Balaban J connectivity index is 1.62. The first kappa shape index (κ1) is 34.5. The van der Waals surface area contributed by atoms with Crippen LogP contribution in [0.25, 0.3) is 0 Å². The fraction of sp³-hybridized carbons (Fsp3) is 0.714. The second-order valence-corrected chi connectivity index (χ2v) is 19.4. The summed E-state index contributed by atoms with van der Waals surface area (Å²) in [7, 11) is -2.07. The van der Waals surface area contributed by atoms with Crippen molar-refractivity contribution >= 4 is 24.2 Å². The van der Waals surface area contributed by atoms with Crippen LogP contribution in [-0.2, 0) is 23.4 Å². The van der Waals surface area contributed by atoms with E-state index in [1.807, 2.05) is 30.3 Å². The van der Waals surface area contributed by atoms with Gasteiger partial charge in [-0.3, -0.25) is 0 Å². The zero-order chi connectivity index (χ0) is 30.9. The largest absolute Gasteiger partial charge is 0.490 e. The molecular weight excluding hydrogens is 624 g/mol. The van der Waals surface area contributed by atoms with E-state index in [2.05, 4.69) is 67.6 Å². The molecule has 3 fully saturated rings. The minimum atomic E-state index is -2.07. The summed E-state index contributed by atoms with van der Waals surface area (Å²) in [6.07, 6.45) is 12.4. The van der Waals surface area contributed by atoms with Crippen molar-refractivity contribution in [3.05, 3.63) is 30.3 Å². The molecule has 4 rings (SSSR count). The SMILES string of the molecule is C#C[C@@H](Br)CC1C(O[Si](C)(C)C(C)(C)C)CC(OC2CCCCO2)C1C#CC(COc1ccccc1)OC1CCCCO1. The Labute approximate surface area is 269 Å². The van der Waals surface area contributed by atoms with Crippen molar-refractivity contribution < 1.29 is 28.1 Å². The maximum absolute atomic E-state index is 7.09. The van der Waals surface area contributed by atoms with Crippen molar-refractivity contribution in [3.8, 4) is 29.9 Å². The highest BCUT2D eigenvalue weighted by Crippen LogP contribution is 2.45. The molecule has 0 amide bonds. The van der Waals surface area contributed by atoms with Crippen molar-refractivity contribution in [2.45, 2.75) is 126 Å². The normalized spacial score (nSPS) is 29.6. The topological polar surface area (TPSA) is 55.4 Å². The Morgan fingerprint density at radius 2 is 1.67 bits per heavy atom. The highest BCUT2D eigenvalue weighted by atomic mass is 79.9. The number of ether oxygens (including phenoxy) is 5. The van der Waals surface area contributed by atoms with Crippen LogP contribution in [-0.4, -0.2) is 63.9 Å². The summed E-state index contributed by atoms with van der Waals surface area (Å²) in [6, 6.07) is 9.79. The van der Waals surface area contributed by atoms with E-state index in [9.17, 15) is 0 Å². The van der Waals surface area contributed by atoms with Gasteiger partial charge in [0, 0.05) is 25.6 Å². The second-order valence-electron chi connectivity index (χ2n) is 13.5. The molecule has 0 aromatic heterocycles. The van der Waals surface area contributed by atoms with E-state index in [1.165, 1.54) is 0 Å². The predicted octanol–water partition coefficient (Wildman–Crippen LogP) is 7.71. The number of halogens is 1. The molecule has 2 heterocycles. The van der Waals surface area contributed by atoms with Crippen molar-refractivity contribution in [2.24, 2.45) is 11.8 Å². The summed E-state index contributed by atoms with van der Waals surface area (Å²) in [5.74, 6) is 10.8. The van der Waals surface area contributed by atoms with Crippen LogP contribution in [0.2, 0.25) is 18.1 Å². The Kier molecular flexibility index (Phi) is 13.1. The van der Waals surface area contributed by atoms with Crippen LogP contribution in [0.3, 0.4) is 0 Å². The Morgan fingerprint density at radius 1 is 1.00 bits per heavy atom. The fourth-order valence-electron chi connectivity index (χ4n) is 5.70. The van der Waals surface area contributed by atoms with E-state index in [0.717, 1.165) is 63.7 Å². The van der Waals surface area contributed by atoms with Gasteiger partial charge in [0.1, 0.15) is 12.4 Å². The van der Waals surface area contributed by atoms with Crippen LogP contribution in [0.4, 0.5) is 0 Å². The summed E-state index contributed by atoms with van der Waals surface area (Å²) < 4.78 is 38.2. The second kappa shape index (κ2) is 16.3. The zero-order valence-corrected chi connectivity index (χ0v) is 29.3. The molecule has 3 aliphatic rings. The van der Waals surface area contributed by atoms with Crippen LogP contribution in [0.15, 0.2) is 30.3 Å². The highest BCUT2D eigenvalue weighted by molar-refractivity contribution is 9.09.